The highest BCUT2D eigenvalue weighted by Crippen LogP contribution is 2.17. The molecule has 5 N–H and O–H groups in total. The molecular weight excluding hydrogens is 468 g/mol. The van der Waals surface area contributed by atoms with Crippen molar-refractivity contribution in [1.29, 1.82) is 0 Å². The molecule has 1 saturated heterocycles. The first-order chi connectivity index (χ1) is 16.6. The highest BCUT2D eigenvalue weighted by atomic mass is 32.2. The number of nitrogens with zero attached hydrogens (tertiary/aromatic N) is 3. The topological polar surface area (TPSA) is 152 Å². The zero-order valence-corrected chi connectivity index (χ0v) is 20.5. The molecule has 0 aliphatic carbocycles. The third-order valence-electron chi connectivity index (χ3n) is 6.14. The molecule has 0 bridgehead atoms. The number of aryl methyl sites for hydroxylation is 2. The third-order valence-corrected chi connectivity index (χ3v) is 7.91. The number of amides is 1. The number of carbonyl (C=O) groups excluding carboxylic acids is 1. The number of carbonyl (C=O) groups is 1. The number of rotatable bonds is 8. The van der Waals surface area contributed by atoms with Crippen LogP contribution in [0.25, 0.3) is 0 Å². The minimum absolute atomic E-state index is 0.00472. The van der Waals surface area contributed by atoms with Crippen LogP contribution >= 0.6 is 0 Å². The van der Waals surface area contributed by atoms with Crippen molar-refractivity contribution in [3.8, 4) is 0 Å². The molecule has 0 radical (unpaired) electrons. The SMILES string of the molecule is Cc1cc(N)nc(C)c1CNC(O)c1cnn(Cc2ccc(C(=O)NC3CCS(=O)(=O)C3)cc2)c1. The smallest absolute Gasteiger partial charge is 0.251 e. The summed E-state index contributed by atoms with van der Waals surface area (Å²) in [6.45, 7) is 4.75. The first-order valence-corrected chi connectivity index (χ1v) is 13.2. The summed E-state index contributed by atoms with van der Waals surface area (Å²) in [5, 5.41) is 20.8. The van der Waals surface area contributed by atoms with Gasteiger partial charge in [0.15, 0.2) is 9.84 Å². The van der Waals surface area contributed by atoms with E-state index in [0.717, 1.165) is 22.4 Å². The molecule has 1 amide bonds. The molecule has 1 aliphatic heterocycles. The second-order valence-corrected chi connectivity index (χ2v) is 11.2. The average molecular weight is 499 g/mol. The van der Waals surface area contributed by atoms with Crippen molar-refractivity contribution in [2.75, 3.05) is 17.2 Å². The van der Waals surface area contributed by atoms with E-state index in [9.17, 15) is 18.3 Å². The lowest BCUT2D eigenvalue weighted by atomic mass is 10.1. The van der Waals surface area contributed by atoms with Crippen LogP contribution in [0, 0.1) is 13.8 Å². The first-order valence-electron chi connectivity index (χ1n) is 11.4. The summed E-state index contributed by atoms with van der Waals surface area (Å²) >= 11 is 0. The molecule has 186 valence electrons. The van der Waals surface area contributed by atoms with Crippen LogP contribution in [-0.2, 0) is 22.9 Å². The minimum Gasteiger partial charge on any atom is -0.384 e. The number of hydrogen-bond donors (Lipinski definition) is 4. The Balaban J connectivity index is 1.32. The molecule has 11 heteroatoms. The van der Waals surface area contributed by atoms with Gasteiger partial charge in [-0.1, -0.05) is 12.1 Å². The predicted octanol–water partition coefficient (Wildman–Crippen LogP) is 1.22. The fourth-order valence-electron chi connectivity index (χ4n) is 4.21. The molecule has 2 atom stereocenters. The zero-order chi connectivity index (χ0) is 25.2. The fourth-order valence-corrected chi connectivity index (χ4v) is 5.88. The van der Waals surface area contributed by atoms with Crippen molar-refractivity contribution in [3.05, 3.63) is 76.2 Å². The van der Waals surface area contributed by atoms with E-state index >= 15 is 0 Å². The number of aliphatic hydroxyl groups is 1. The maximum Gasteiger partial charge on any atom is 0.251 e. The standard InChI is InChI=1S/C24H30N6O4S/c1-15-9-22(25)28-16(2)21(15)11-26-23(31)19-10-27-30(13-19)12-17-3-5-18(6-4-17)24(32)29-20-7-8-35(33,34)14-20/h3-6,9-10,13,20,23,26,31H,7-8,11-12,14H2,1-2H3,(H2,25,28)(H,29,32). The largest absolute Gasteiger partial charge is 0.384 e. The van der Waals surface area contributed by atoms with E-state index in [1.807, 2.05) is 32.0 Å². The second kappa shape index (κ2) is 10.1. The number of benzene rings is 1. The van der Waals surface area contributed by atoms with E-state index in [4.69, 9.17) is 5.73 Å². The summed E-state index contributed by atoms with van der Waals surface area (Å²) in [5.74, 6) is 0.305. The lowest BCUT2D eigenvalue weighted by Gasteiger charge is -2.14. The van der Waals surface area contributed by atoms with Crippen LogP contribution < -0.4 is 16.4 Å². The molecule has 0 spiro atoms. The van der Waals surface area contributed by atoms with Gasteiger partial charge in [-0.2, -0.15) is 5.10 Å². The van der Waals surface area contributed by atoms with Gasteiger partial charge in [0, 0.05) is 35.6 Å². The summed E-state index contributed by atoms with van der Waals surface area (Å²) in [6, 6.07) is 8.55. The van der Waals surface area contributed by atoms with E-state index in [-0.39, 0.29) is 23.5 Å². The van der Waals surface area contributed by atoms with Gasteiger partial charge in [0.25, 0.3) is 5.91 Å². The maximum atomic E-state index is 12.4. The average Bonchev–Trinajstić information content (AvgIpc) is 3.39. The van der Waals surface area contributed by atoms with Crippen molar-refractivity contribution < 1.29 is 18.3 Å². The molecule has 1 aromatic carbocycles. The van der Waals surface area contributed by atoms with Gasteiger partial charge in [-0.15, -0.1) is 0 Å². The Labute approximate surface area is 204 Å². The van der Waals surface area contributed by atoms with E-state index in [1.54, 1.807) is 29.2 Å². The van der Waals surface area contributed by atoms with Gasteiger partial charge in [-0.25, -0.2) is 13.4 Å². The van der Waals surface area contributed by atoms with Gasteiger partial charge in [0.1, 0.15) is 12.0 Å². The van der Waals surface area contributed by atoms with Gasteiger partial charge in [-0.05, 0) is 55.2 Å². The number of sulfone groups is 1. The van der Waals surface area contributed by atoms with Crippen molar-refractivity contribution in [2.45, 2.75) is 45.6 Å². The Bertz CT molecular complexity index is 1300. The zero-order valence-electron chi connectivity index (χ0n) is 19.7. The quantitative estimate of drug-likeness (QED) is 0.338. The monoisotopic (exact) mass is 498 g/mol. The Morgan fingerprint density at radius 2 is 2.03 bits per heavy atom. The van der Waals surface area contributed by atoms with Crippen LogP contribution in [0.3, 0.4) is 0 Å². The number of hydrogen-bond acceptors (Lipinski definition) is 8. The summed E-state index contributed by atoms with van der Waals surface area (Å²) in [6.07, 6.45) is 2.92. The van der Waals surface area contributed by atoms with Gasteiger partial charge in [0.05, 0.1) is 24.2 Å². The highest BCUT2D eigenvalue weighted by Gasteiger charge is 2.29. The predicted molar refractivity (Wildman–Crippen MR) is 132 cm³/mol. The van der Waals surface area contributed by atoms with Gasteiger partial charge < -0.3 is 16.2 Å². The van der Waals surface area contributed by atoms with Gasteiger partial charge in [0.2, 0.25) is 0 Å². The number of pyridine rings is 1. The molecule has 4 rings (SSSR count). The summed E-state index contributed by atoms with van der Waals surface area (Å²) in [4.78, 5) is 16.7. The molecular formula is C24H30N6O4S. The maximum absolute atomic E-state index is 12.4. The van der Waals surface area contributed by atoms with Crippen molar-refractivity contribution in [1.82, 2.24) is 25.4 Å². The van der Waals surface area contributed by atoms with Crippen LogP contribution in [-0.4, -0.2) is 51.7 Å². The molecule has 0 saturated carbocycles. The molecule has 35 heavy (non-hydrogen) atoms. The molecule has 3 heterocycles. The Morgan fingerprint density at radius 1 is 1.29 bits per heavy atom. The van der Waals surface area contributed by atoms with Crippen LogP contribution in [0.15, 0.2) is 42.7 Å². The molecule has 1 aliphatic rings. The normalized spacial score (nSPS) is 17.9. The van der Waals surface area contributed by atoms with E-state index < -0.39 is 16.1 Å². The molecule has 3 aromatic rings. The van der Waals surface area contributed by atoms with E-state index in [0.29, 0.717) is 36.5 Å². The fraction of sp³-hybridized carbons (Fsp3) is 0.375. The number of anilines is 1. The van der Waals surface area contributed by atoms with Crippen molar-refractivity contribution >= 4 is 21.6 Å². The van der Waals surface area contributed by atoms with Crippen LogP contribution in [0.2, 0.25) is 0 Å². The van der Waals surface area contributed by atoms with Crippen LogP contribution in [0.5, 0.6) is 0 Å². The van der Waals surface area contributed by atoms with E-state index in [1.165, 1.54) is 0 Å². The summed E-state index contributed by atoms with van der Waals surface area (Å²) in [5.41, 5.74) is 10.6. The van der Waals surface area contributed by atoms with Crippen molar-refractivity contribution in [2.24, 2.45) is 0 Å². The van der Waals surface area contributed by atoms with Crippen molar-refractivity contribution in [3.63, 3.8) is 0 Å². The molecule has 1 fully saturated rings. The number of nitrogens with one attached hydrogen (secondary N) is 2. The summed E-state index contributed by atoms with van der Waals surface area (Å²) in [7, 11) is -3.05. The van der Waals surface area contributed by atoms with Gasteiger partial charge in [-0.3, -0.25) is 14.8 Å². The number of nitrogen functional groups attached to an aromatic ring is 1. The first kappa shape index (κ1) is 24.8. The van der Waals surface area contributed by atoms with E-state index in [2.05, 4.69) is 20.7 Å². The third kappa shape index (κ3) is 6.24. The lowest BCUT2D eigenvalue weighted by Crippen LogP contribution is -2.35. The van der Waals surface area contributed by atoms with Gasteiger partial charge >= 0.3 is 0 Å². The Kier molecular flexibility index (Phi) is 7.20. The molecule has 10 nitrogen and oxygen atoms in total. The highest BCUT2D eigenvalue weighted by molar-refractivity contribution is 7.91. The Hall–Kier alpha value is -3.28. The second-order valence-electron chi connectivity index (χ2n) is 8.95. The minimum atomic E-state index is -3.05. The molecule has 2 aromatic heterocycles. The number of aliphatic hydroxyl groups excluding tert-OH is 1. The number of aromatic nitrogens is 3. The summed E-state index contributed by atoms with van der Waals surface area (Å²) < 4.78 is 24.9. The van der Waals surface area contributed by atoms with Crippen LogP contribution in [0.1, 0.15) is 51.0 Å². The van der Waals surface area contributed by atoms with Crippen LogP contribution in [0.4, 0.5) is 5.82 Å². The Morgan fingerprint density at radius 3 is 2.69 bits per heavy atom. The molecule has 2 unspecified atom stereocenters. The lowest BCUT2D eigenvalue weighted by molar-refractivity contribution is 0.0941. The number of nitrogens with two attached hydrogens (primary N) is 1.